The average molecular weight is 986 g/mol. The van der Waals surface area contributed by atoms with E-state index in [0.717, 1.165) is 83.5 Å². The fourth-order valence-corrected chi connectivity index (χ4v) is 7.83. The lowest BCUT2D eigenvalue weighted by molar-refractivity contribution is -0.167. The van der Waals surface area contributed by atoms with Gasteiger partial charge < -0.3 is 14.2 Å². The van der Waals surface area contributed by atoms with Gasteiger partial charge in [-0.3, -0.25) is 14.4 Å². The van der Waals surface area contributed by atoms with Gasteiger partial charge in [-0.25, -0.2) is 0 Å². The Labute approximate surface area is 438 Å². The maximum Gasteiger partial charge on any atom is 0.306 e. The Hall–Kier alpha value is -3.93. The molecular weight excluding hydrogens is 877 g/mol. The van der Waals surface area contributed by atoms with Crippen LogP contribution >= 0.6 is 0 Å². The van der Waals surface area contributed by atoms with E-state index in [9.17, 15) is 14.4 Å². The van der Waals surface area contributed by atoms with E-state index < -0.39 is 6.10 Å². The summed E-state index contributed by atoms with van der Waals surface area (Å²) in [6, 6.07) is 0. The fraction of sp³-hybridized carbons (Fsp3) is 0.677. The summed E-state index contributed by atoms with van der Waals surface area (Å²) in [6.07, 6.45) is 79.5. The van der Waals surface area contributed by atoms with Gasteiger partial charge in [-0.2, -0.15) is 0 Å². The molecule has 0 aromatic carbocycles. The Bertz CT molecular complexity index is 1460. The zero-order chi connectivity index (χ0) is 51.4. The number of ether oxygens (including phenoxy) is 3. The monoisotopic (exact) mass is 985 g/mol. The second-order valence-corrected chi connectivity index (χ2v) is 19.2. The van der Waals surface area contributed by atoms with Gasteiger partial charge in [0.15, 0.2) is 6.10 Å². The van der Waals surface area contributed by atoms with Crippen molar-refractivity contribution < 1.29 is 28.6 Å². The van der Waals surface area contributed by atoms with Gasteiger partial charge in [-0.1, -0.05) is 233 Å². The molecule has 0 aliphatic carbocycles. The molecule has 0 unspecified atom stereocenters. The molecule has 0 aromatic rings. The normalized spacial score (nSPS) is 12.9. The molecule has 0 aliphatic rings. The van der Waals surface area contributed by atoms with Crippen LogP contribution in [0, 0.1) is 0 Å². The Kier molecular flexibility index (Phi) is 55.4. The van der Waals surface area contributed by atoms with Crippen molar-refractivity contribution >= 4 is 17.9 Å². The number of allylic oxidation sites excluding steroid dienone is 18. The van der Waals surface area contributed by atoms with Crippen LogP contribution in [0.25, 0.3) is 0 Å². The van der Waals surface area contributed by atoms with Crippen molar-refractivity contribution in [2.45, 2.75) is 271 Å². The highest BCUT2D eigenvalue weighted by molar-refractivity contribution is 5.71. The first-order chi connectivity index (χ1) is 35.0. The summed E-state index contributed by atoms with van der Waals surface area (Å²) in [6.45, 7) is 6.42. The second kappa shape index (κ2) is 58.6. The van der Waals surface area contributed by atoms with Crippen molar-refractivity contribution in [1.82, 2.24) is 0 Å². The lowest BCUT2D eigenvalue weighted by atomic mass is 10.0. The van der Waals surface area contributed by atoms with E-state index in [-0.39, 0.29) is 37.5 Å². The van der Waals surface area contributed by atoms with Crippen LogP contribution in [0.4, 0.5) is 0 Å². The van der Waals surface area contributed by atoms with Crippen LogP contribution in [0.2, 0.25) is 0 Å². The number of hydrogen-bond acceptors (Lipinski definition) is 6. The van der Waals surface area contributed by atoms with Gasteiger partial charge in [0.25, 0.3) is 0 Å². The lowest BCUT2D eigenvalue weighted by Gasteiger charge is -2.18. The van der Waals surface area contributed by atoms with Gasteiger partial charge in [-0.05, 0) is 122 Å². The van der Waals surface area contributed by atoms with Crippen molar-refractivity contribution in [2.75, 3.05) is 13.2 Å². The number of carbonyl (C=O) groups is 3. The zero-order valence-corrected chi connectivity index (χ0v) is 46.2. The minimum atomic E-state index is -0.826. The second-order valence-electron chi connectivity index (χ2n) is 19.2. The molecule has 1 atom stereocenters. The summed E-state index contributed by atoms with van der Waals surface area (Å²) in [4.78, 5) is 38.2. The van der Waals surface area contributed by atoms with Gasteiger partial charge >= 0.3 is 17.9 Å². The molecule has 0 heterocycles. The third kappa shape index (κ3) is 56.9. The van der Waals surface area contributed by atoms with Gasteiger partial charge in [0.05, 0.1) is 0 Å². The molecule has 0 aliphatic heterocycles. The van der Waals surface area contributed by atoms with E-state index in [2.05, 4.69) is 130 Å². The average Bonchev–Trinajstić information content (AvgIpc) is 3.37. The first-order valence-corrected chi connectivity index (χ1v) is 29.4. The van der Waals surface area contributed by atoms with Crippen LogP contribution in [-0.4, -0.2) is 37.2 Å². The highest BCUT2D eigenvalue weighted by atomic mass is 16.6. The third-order valence-corrected chi connectivity index (χ3v) is 12.2. The topological polar surface area (TPSA) is 78.9 Å². The van der Waals surface area contributed by atoms with Gasteiger partial charge in [0.2, 0.25) is 0 Å². The van der Waals surface area contributed by atoms with Crippen LogP contribution in [0.15, 0.2) is 109 Å². The molecule has 0 saturated heterocycles. The van der Waals surface area contributed by atoms with E-state index in [1.807, 2.05) is 0 Å². The number of hydrogen-bond donors (Lipinski definition) is 0. The molecule has 0 bridgehead atoms. The number of rotatable bonds is 52. The zero-order valence-electron chi connectivity index (χ0n) is 46.2. The minimum absolute atomic E-state index is 0.114. The molecule has 0 fully saturated rings. The SMILES string of the molecule is CC/C=C\C/C=C\C/C=C\C/C=C\CCCCC(=O)OC[C@H](COC(=O)CCCCCCCCCCCCC/C=C\CCCCCCCC)OC(=O)CCC/C=C\C/C=C\C/C=C\C/C=C\CCCCC. The minimum Gasteiger partial charge on any atom is -0.462 e. The molecule has 0 rings (SSSR count). The smallest absolute Gasteiger partial charge is 0.306 e. The number of esters is 3. The molecule has 404 valence electrons. The van der Waals surface area contributed by atoms with Crippen LogP contribution in [0.1, 0.15) is 265 Å². The first kappa shape index (κ1) is 67.1. The highest BCUT2D eigenvalue weighted by Gasteiger charge is 2.19. The molecule has 6 heteroatoms. The molecular formula is C65H108O6. The molecule has 0 saturated carbocycles. The maximum absolute atomic E-state index is 12.8. The first-order valence-electron chi connectivity index (χ1n) is 29.4. The summed E-state index contributed by atoms with van der Waals surface area (Å²) < 4.78 is 16.8. The quantitative estimate of drug-likeness (QED) is 0.0261. The van der Waals surface area contributed by atoms with Gasteiger partial charge in [0, 0.05) is 19.3 Å². The number of carbonyl (C=O) groups excluding carboxylic acids is 3. The summed E-state index contributed by atoms with van der Waals surface area (Å²) in [5.74, 6) is -1.01. The fourth-order valence-electron chi connectivity index (χ4n) is 7.83. The van der Waals surface area contributed by atoms with E-state index in [4.69, 9.17) is 14.2 Å². The van der Waals surface area contributed by atoms with Crippen molar-refractivity contribution in [3.8, 4) is 0 Å². The molecule has 0 radical (unpaired) electrons. The summed E-state index contributed by atoms with van der Waals surface area (Å²) in [7, 11) is 0. The summed E-state index contributed by atoms with van der Waals surface area (Å²) in [5.41, 5.74) is 0. The maximum atomic E-state index is 12.8. The predicted molar refractivity (Wildman–Crippen MR) is 307 cm³/mol. The lowest BCUT2D eigenvalue weighted by Crippen LogP contribution is -2.30. The van der Waals surface area contributed by atoms with Crippen LogP contribution in [0.5, 0.6) is 0 Å². The number of unbranched alkanes of at least 4 members (excludes halogenated alkanes) is 23. The van der Waals surface area contributed by atoms with Gasteiger partial charge in [-0.15, -0.1) is 0 Å². The van der Waals surface area contributed by atoms with E-state index in [1.165, 1.54) is 128 Å². The third-order valence-electron chi connectivity index (χ3n) is 12.2. The Morgan fingerprint density at radius 2 is 0.563 bits per heavy atom. The van der Waals surface area contributed by atoms with Gasteiger partial charge in [0.1, 0.15) is 13.2 Å². The van der Waals surface area contributed by atoms with Crippen molar-refractivity contribution in [3.63, 3.8) is 0 Å². The molecule has 0 N–H and O–H groups in total. The Morgan fingerprint density at radius 1 is 0.296 bits per heavy atom. The molecule has 0 aromatic heterocycles. The standard InChI is InChI=1S/C65H108O6/c1-4-7-10-13-16-19-22-25-28-30-31-32-33-35-37-40-43-46-49-52-55-58-64(67)70-61-62(60-69-63(66)57-54-51-48-45-42-39-36-27-24-21-18-15-12-9-6-3)71-65(68)59-56-53-50-47-44-41-38-34-29-26-23-20-17-14-11-8-5-2/h9,12,17-18,20-21,25-29,36,38,41-42,45,47,50,62H,4-8,10-11,13-16,19,22-24,30-35,37,39-40,43-44,46,48-49,51-61H2,1-3H3/b12-9-,20-17-,21-18-,28-25-,29-26-,36-27-,41-38-,45-42-,50-47-/t62-/m1/s1. The predicted octanol–water partition coefficient (Wildman–Crippen LogP) is 19.9. The van der Waals surface area contributed by atoms with Crippen molar-refractivity contribution in [1.29, 1.82) is 0 Å². The van der Waals surface area contributed by atoms with Crippen LogP contribution < -0.4 is 0 Å². The molecule has 0 spiro atoms. The highest BCUT2D eigenvalue weighted by Crippen LogP contribution is 2.15. The van der Waals surface area contributed by atoms with Crippen molar-refractivity contribution in [3.05, 3.63) is 109 Å². The van der Waals surface area contributed by atoms with E-state index >= 15 is 0 Å². The van der Waals surface area contributed by atoms with E-state index in [1.54, 1.807) is 0 Å². The Morgan fingerprint density at radius 3 is 0.972 bits per heavy atom. The largest absolute Gasteiger partial charge is 0.462 e. The summed E-state index contributed by atoms with van der Waals surface area (Å²) >= 11 is 0. The Balaban J connectivity index is 4.49. The molecule has 71 heavy (non-hydrogen) atoms. The molecule has 0 amide bonds. The van der Waals surface area contributed by atoms with E-state index in [0.29, 0.717) is 25.7 Å². The van der Waals surface area contributed by atoms with Crippen LogP contribution in [0.3, 0.4) is 0 Å². The molecule has 6 nitrogen and oxygen atoms in total. The van der Waals surface area contributed by atoms with Crippen molar-refractivity contribution in [2.24, 2.45) is 0 Å². The van der Waals surface area contributed by atoms with Crippen LogP contribution in [-0.2, 0) is 28.6 Å². The summed E-state index contributed by atoms with van der Waals surface area (Å²) in [5, 5.41) is 0.